The fraction of sp³-hybridized carbons (Fsp3) is 0.0625. The van der Waals surface area contributed by atoms with Crippen LogP contribution in [0.3, 0.4) is 0 Å². The van der Waals surface area contributed by atoms with E-state index < -0.39 is 0 Å². The van der Waals surface area contributed by atoms with Gasteiger partial charge in [-0.3, -0.25) is 4.79 Å². The number of halogens is 2. The summed E-state index contributed by atoms with van der Waals surface area (Å²) in [4.78, 5) is 14.2. The number of hydrogen-bond donors (Lipinski definition) is 0. The van der Waals surface area contributed by atoms with E-state index in [9.17, 15) is 9.18 Å². The Labute approximate surface area is 125 Å². The summed E-state index contributed by atoms with van der Waals surface area (Å²) in [6.07, 6.45) is 1.66. The predicted molar refractivity (Wildman–Crippen MR) is 82.4 cm³/mol. The highest BCUT2D eigenvalue weighted by atomic mass is 79.9. The minimum Gasteiger partial charge on any atom is -0.305 e. The zero-order valence-electron chi connectivity index (χ0n) is 10.7. The Bertz CT molecular complexity index is 628. The molecule has 4 heteroatoms. The van der Waals surface area contributed by atoms with E-state index in [1.54, 1.807) is 11.0 Å². The second-order valence-electron chi connectivity index (χ2n) is 4.16. The van der Waals surface area contributed by atoms with Crippen molar-refractivity contribution in [3.05, 3.63) is 77.0 Å². The first-order valence-electron chi connectivity index (χ1n) is 6.06. The van der Waals surface area contributed by atoms with Crippen molar-refractivity contribution in [1.82, 2.24) is 0 Å². The average Bonchev–Trinajstić information content (AvgIpc) is 2.45. The molecule has 2 aromatic rings. The van der Waals surface area contributed by atoms with Gasteiger partial charge in [0.2, 0.25) is 0 Å². The molecule has 2 nitrogen and oxygen atoms in total. The van der Waals surface area contributed by atoms with Crippen LogP contribution in [0.25, 0.3) is 0 Å². The van der Waals surface area contributed by atoms with Crippen molar-refractivity contribution >= 4 is 27.5 Å². The van der Waals surface area contributed by atoms with Gasteiger partial charge in [-0.05, 0) is 46.3 Å². The zero-order chi connectivity index (χ0) is 14.5. The van der Waals surface area contributed by atoms with Crippen LogP contribution >= 0.6 is 15.9 Å². The van der Waals surface area contributed by atoms with Gasteiger partial charge in [-0.25, -0.2) is 4.39 Å². The molecule has 0 atom stereocenters. The van der Waals surface area contributed by atoms with Crippen molar-refractivity contribution in [3.8, 4) is 0 Å². The summed E-state index contributed by atoms with van der Waals surface area (Å²) in [5, 5.41) is 0. The summed E-state index contributed by atoms with van der Waals surface area (Å²) in [7, 11) is 0. The van der Waals surface area contributed by atoms with Crippen LogP contribution in [-0.2, 0) is 0 Å². The zero-order valence-corrected chi connectivity index (χ0v) is 12.3. The van der Waals surface area contributed by atoms with Gasteiger partial charge >= 0.3 is 0 Å². The van der Waals surface area contributed by atoms with Crippen molar-refractivity contribution in [2.45, 2.75) is 0 Å². The quantitative estimate of drug-likeness (QED) is 0.758. The SMILES string of the molecule is C=CCN(C(=O)c1ccc(F)cc1Br)c1ccccc1. The third-order valence-electron chi connectivity index (χ3n) is 2.79. The second-order valence-corrected chi connectivity index (χ2v) is 5.02. The lowest BCUT2D eigenvalue weighted by Gasteiger charge is -2.22. The molecule has 0 aliphatic rings. The molecular weight excluding hydrogens is 321 g/mol. The van der Waals surface area contributed by atoms with Gasteiger partial charge in [-0.1, -0.05) is 24.3 Å². The Kier molecular flexibility index (Phi) is 4.69. The average molecular weight is 334 g/mol. The molecule has 0 spiro atoms. The van der Waals surface area contributed by atoms with Crippen LogP contribution < -0.4 is 4.90 Å². The molecule has 0 aromatic heterocycles. The summed E-state index contributed by atoms with van der Waals surface area (Å²) in [6.45, 7) is 4.05. The van der Waals surface area contributed by atoms with E-state index in [0.29, 0.717) is 16.6 Å². The van der Waals surface area contributed by atoms with Crippen LogP contribution in [0.1, 0.15) is 10.4 Å². The summed E-state index contributed by atoms with van der Waals surface area (Å²) in [6, 6.07) is 13.3. The second kappa shape index (κ2) is 6.48. The number of carbonyl (C=O) groups is 1. The largest absolute Gasteiger partial charge is 0.305 e. The minimum absolute atomic E-state index is 0.206. The van der Waals surface area contributed by atoms with Crippen molar-refractivity contribution in [2.75, 3.05) is 11.4 Å². The number of carbonyl (C=O) groups excluding carboxylic acids is 1. The Morgan fingerprint density at radius 1 is 1.25 bits per heavy atom. The lowest BCUT2D eigenvalue weighted by atomic mass is 10.1. The topological polar surface area (TPSA) is 20.3 Å². The number of para-hydroxylation sites is 1. The number of anilines is 1. The number of hydrogen-bond acceptors (Lipinski definition) is 1. The van der Waals surface area contributed by atoms with Gasteiger partial charge in [0.1, 0.15) is 5.82 Å². The van der Waals surface area contributed by atoms with Gasteiger partial charge in [-0.2, -0.15) is 0 Å². The van der Waals surface area contributed by atoms with Crippen LogP contribution in [0.4, 0.5) is 10.1 Å². The third kappa shape index (κ3) is 3.14. The molecule has 102 valence electrons. The highest BCUT2D eigenvalue weighted by molar-refractivity contribution is 9.10. The molecule has 0 saturated carbocycles. The van der Waals surface area contributed by atoms with Crippen LogP contribution in [0.2, 0.25) is 0 Å². The van der Waals surface area contributed by atoms with Gasteiger partial charge in [-0.15, -0.1) is 6.58 Å². The van der Waals surface area contributed by atoms with Crippen molar-refractivity contribution in [1.29, 1.82) is 0 Å². The molecule has 20 heavy (non-hydrogen) atoms. The highest BCUT2D eigenvalue weighted by Crippen LogP contribution is 2.23. The molecule has 0 aliphatic heterocycles. The first-order chi connectivity index (χ1) is 9.63. The third-order valence-corrected chi connectivity index (χ3v) is 3.44. The smallest absolute Gasteiger partial charge is 0.259 e. The monoisotopic (exact) mass is 333 g/mol. The molecule has 0 bridgehead atoms. The molecule has 0 fully saturated rings. The standard InChI is InChI=1S/C16H13BrFNO/c1-2-10-19(13-6-4-3-5-7-13)16(20)14-9-8-12(18)11-15(14)17/h2-9,11H,1,10H2. The minimum atomic E-state index is -0.386. The number of benzene rings is 2. The summed E-state index contributed by atoms with van der Waals surface area (Å²) in [5.41, 5.74) is 1.19. The molecular formula is C16H13BrFNO. The maximum atomic E-state index is 13.1. The van der Waals surface area contributed by atoms with Gasteiger partial charge in [0.15, 0.2) is 0 Å². The van der Waals surface area contributed by atoms with E-state index in [2.05, 4.69) is 22.5 Å². The lowest BCUT2D eigenvalue weighted by molar-refractivity contribution is 0.0989. The Morgan fingerprint density at radius 3 is 2.55 bits per heavy atom. The van der Waals surface area contributed by atoms with E-state index in [-0.39, 0.29) is 11.7 Å². The molecule has 2 rings (SSSR count). The van der Waals surface area contributed by atoms with Gasteiger partial charge in [0.25, 0.3) is 5.91 Å². The molecule has 0 radical (unpaired) electrons. The fourth-order valence-electron chi connectivity index (χ4n) is 1.85. The van der Waals surface area contributed by atoms with Crippen molar-refractivity contribution in [2.24, 2.45) is 0 Å². The maximum absolute atomic E-state index is 13.1. The highest BCUT2D eigenvalue weighted by Gasteiger charge is 2.19. The van der Waals surface area contributed by atoms with E-state index in [1.165, 1.54) is 18.2 Å². The van der Waals surface area contributed by atoms with Gasteiger partial charge in [0, 0.05) is 16.7 Å². The van der Waals surface area contributed by atoms with Crippen molar-refractivity contribution in [3.63, 3.8) is 0 Å². The van der Waals surface area contributed by atoms with Gasteiger partial charge < -0.3 is 4.90 Å². The molecule has 0 saturated heterocycles. The molecule has 0 unspecified atom stereocenters. The van der Waals surface area contributed by atoms with Crippen molar-refractivity contribution < 1.29 is 9.18 Å². The number of amides is 1. The molecule has 0 N–H and O–H groups in total. The van der Waals surface area contributed by atoms with Crippen LogP contribution in [0.15, 0.2) is 65.7 Å². The van der Waals surface area contributed by atoms with Crippen LogP contribution in [-0.4, -0.2) is 12.5 Å². The molecule has 0 heterocycles. The fourth-order valence-corrected chi connectivity index (χ4v) is 2.37. The Morgan fingerprint density at radius 2 is 1.95 bits per heavy atom. The van der Waals surface area contributed by atoms with Gasteiger partial charge in [0.05, 0.1) is 5.56 Å². The first kappa shape index (κ1) is 14.5. The molecule has 0 aliphatic carbocycles. The lowest BCUT2D eigenvalue weighted by Crippen LogP contribution is -2.31. The van der Waals surface area contributed by atoms with E-state index in [0.717, 1.165) is 5.69 Å². The Balaban J connectivity index is 2.39. The van der Waals surface area contributed by atoms with Crippen LogP contribution in [0.5, 0.6) is 0 Å². The number of rotatable bonds is 4. The number of nitrogens with zero attached hydrogens (tertiary/aromatic N) is 1. The van der Waals surface area contributed by atoms with E-state index >= 15 is 0 Å². The summed E-state index contributed by atoms with van der Waals surface area (Å²) < 4.78 is 13.5. The predicted octanol–water partition coefficient (Wildman–Crippen LogP) is 4.42. The normalized spacial score (nSPS) is 10.1. The summed E-state index contributed by atoms with van der Waals surface area (Å²) in [5.74, 6) is -0.591. The maximum Gasteiger partial charge on any atom is 0.259 e. The van der Waals surface area contributed by atoms with Crippen LogP contribution in [0, 0.1) is 5.82 Å². The first-order valence-corrected chi connectivity index (χ1v) is 6.85. The molecule has 2 aromatic carbocycles. The van der Waals surface area contributed by atoms with E-state index in [1.807, 2.05) is 30.3 Å². The molecule has 1 amide bonds. The Hall–Kier alpha value is -1.94. The summed E-state index contributed by atoms with van der Waals surface area (Å²) >= 11 is 3.23. The van der Waals surface area contributed by atoms with E-state index in [4.69, 9.17) is 0 Å².